The van der Waals surface area contributed by atoms with Gasteiger partial charge in [0, 0.05) is 25.3 Å². The summed E-state index contributed by atoms with van der Waals surface area (Å²) in [7, 11) is 0. The van der Waals surface area contributed by atoms with E-state index in [-0.39, 0.29) is 0 Å². The van der Waals surface area contributed by atoms with Crippen molar-refractivity contribution in [2.45, 2.75) is 9.79 Å². The van der Waals surface area contributed by atoms with Gasteiger partial charge in [0.1, 0.15) is 0 Å². The van der Waals surface area contributed by atoms with E-state index in [2.05, 4.69) is 32.4 Å². The first-order chi connectivity index (χ1) is 10.1. The molecule has 0 unspecified atom stereocenters. The van der Waals surface area contributed by atoms with Gasteiger partial charge in [-0.25, -0.2) is 0 Å². The highest BCUT2D eigenvalue weighted by Crippen LogP contribution is 2.52. The Kier molecular flexibility index (Phi) is 4.99. The highest BCUT2D eigenvalue weighted by atomic mass is 32.2. The summed E-state index contributed by atoms with van der Waals surface area (Å²) in [6.45, 7) is 15.8. The fraction of sp³-hybridized carbons (Fsp3) is 0. The number of thioether (sulfide) groups is 2. The molecule has 0 aliphatic carbocycles. The van der Waals surface area contributed by atoms with Crippen LogP contribution in [0.1, 0.15) is 0 Å². The molecule has 3 heteroatoms. The van der Waals surface area contributed by atoms with Crippen LogP contribution in [0.5, 0.6) is 0 Å². The summed E-state index contributed by atoms with van der Waals surface area (Å²) in [5.41, 5.74) is 8.61. The van der Waals surface area contributed by atoms with Crippen molar-refractivity contribution in [1.29, 1.82) is 0 Å². The Morgan fingerprint density at radius 2 is 1.90 bits per heavy atom. The predicted molar refractivity (Wildman–Crippen MR) is 97.4 cm³/mol. The van der Waals surface area contributed by atoms with E-state index in [4.69, 9.17) is 5.73 Å². The van der Waals surface area contributed by atoms with Crippen molar-refractivity contribution in [2.24, 2.45) is 0 Å². The van der Waals surface area contributed by atoms with Gasteiger partial charge in [-0.2, -0.15) is 0 Å². The summed E-state index contributed by atoms with van der Waals surface area (Å²) in [6, 6.07) is 5.95. The van der Waals surface area contributed by atoms with E-state index >= 15 is 0 Å². The topological polar surface area (TPSA) is 26.0 Å². The van der Waals surface area contributed by atoms with Crippen molar-refractivity contribution >= 4 is 29.2 Å². The summed E-state index contributed by atoms with van der Waals surface area (Å²) in [5, 5.41) is 0. The molecule has 1 aliphatic rings. The first-order valence-corrected chi connectivity index (χ1v) is 8.00. The maximum Gasteiger partial charge on any atom is 0.0492 e. The standard InChI is InChI=1S/C18H17NS2/c1-5-7-9-12(3)13(4)17-15(6-2)20-16-11-8-10-14(19)18(16)21-17/h5-11H,1-4,19H2/b9-7-. The number of hydrogen-bond acceptors (Lipinski definition) is 3. The molecule has 21 heavy (non-hydrogen) atoms. The fourth-order valence-electron chi connectivity index (χ4n) is 1.81. The zero-order chi connectivity index (χ0) is 15.4. The third-order valence-corrected chi connectivity index (χ3v) is 5.68. The van der Waals surface area contributed by atoms with Gasteiger partial charge in [0.25, 0.3) is 0 Å². The Morgan fingerprint density at radius 1 is 1.14 bits per heavy atom. The smallest absolute Gasteiger partial charge is 0.0492 e. The molecule has 1 aliphatic heterocycles. The van der Waals surface area contributed by atoms with Crippen LogP contribution in [0.25, 0.3) is 0 Å². The Balaban J connectivity index is 2.40. The van der Waals surface area contributed by atoms with Crippen LogP contribution in [0.15, 0.2) is 99.6 Å². The minimum atomic E-state index is 0.783. The molecule has 0 fully saturated rings. The molecule has 0 amide bonds. The van der Waals surface area contributed by atoms with Crippen LogP contribution in [-0.4, -0.2) is 0 Å². The van der Waals surface area contributed by atoms with Gasteiger partial charge < -0.3 is 5.73 Å². The summed E-state index contributed by atoms with van der Waals surface area (Å²) in [4.78, 5) is 4.36. The second kappa shape index (κ2) is 6.74. The van der Waals surface area contributed by atoms with Gasteiger partial charge in [0.15, 0.2) is 0 Å². The zero-order valence-electron chi connectivity index (χ0n) is 11.8. The monoisotopic (exact) mass is 311 g/mol. The molecule has 0 atom stereocenters. The lowest BCUT2D eigenvalue weighted by atomic mass is 10.1. The summed E-state index contributed by atoms with van der Waals surface area (Å²) in [6.07, 6.45) is 7.33. The number of benzene rings is 1. The number of allylic oxidation sites excluding steroid dienone is 6. The average molecular weight is 311 g/mol. The van der Waals surface area contributed by atoms with Crippen LogP contribution >= 0.6 is 23.5 Å². The van der Waals surface area contributed by atoms with Crippen molar-refractivity contribution in [1.82, 2.24) is 0 Å². The average Bonchev–Trinajstić information content (AvgIpc) is 2.51. The number of nitrogen functional groups attached to an aromatic ring is 1. The van der Waals surface area contributed by atoms with Gasteiger partial charge in [0.2, 0.25) is 0 Å². The molecular formula is C18H17NS2. The predicted octanol–water partition coefficient (Wildman–Crippen LogP) is 5.72. The maximum absolute atomic E-state index is 6.08. The lowest BCUT2D eigenvalue weighted by molar-refractivity contribution is 1.26. The van der Waals surface area contributed by atoms with E-state index in [1.54, 1.807) is 29.6 Å². The molecule has 1 nitrogen and oxygen atoms in total. The van der Waals surface area contributed by atoms with E-state index in [0.29, 0.717) is 0 Å². The second-order valence-electron chi connectivity index (χ2n) is 4.37. The van der Waals surface area contributed by atoms with Gasteiger partial charge in [-0.1, -0.05) is 80.2 Å². The molecule has 1 aromatic carbocycles. The molecule has 0 spiro atoms. The normalized spacial score (nSPS) is 13.9. The maximum atomic E-state index is 6.08. The Morgan fingerprint density at radius 3 is 2.57 bits per heavy atom. The van der Waals surface area contributed by atoms with Crippen molar-refractivity contribution in [3.63, 3.8) is 0 Å². The molecule has 0 aromatic heterocycles. The highest BCUT2D eigenvalue weighted by molar-refractivity contribution is 8.09. The molecule has 0 radical (unpaired) electrons. The second-order valence-corrected chi connectivity index (χ2v) is 6.48. The van der Waals surface area contributed by atoms with E-state index in [0.717, 1.165) is 36.4 Å². The van der Waals surface area contributed by atoms with E-state index in [1.165, 1.54) is 0 Å². The van der Waals surface area contributed by atoms with Gasteiger partial charge in [0.05, 0.1) is 0 Å². The summed E-state index contributed by atoms with van der Waals surface area (Å²) in [5.74, 6) is 0. The number of fused-ring (bicyclic) bond motifs is 1. The van der Waals surface area contributed by atoms with Crippen molar-refractivity contribution in [3.05, 3.63) is 89.8 Å². The minimum Gasteiger partial charge on any atom is -0.398 e. The molecular weight excluding hydrogens is 294 g/mol. The third kappa shape index (κ3) is 3.26. The minimum absolute atomic E-state index is 0.783. The van der Waals surface area contributed by atoms with Crippen LogP contribution in [0, 0.1) is 0 Å². The highest BCUT2D eigenvalue weighted by Gasteiger charge is 2.22. The Bertz CT molecular complexity index is 693. The number of hydrogen-bond donors (Lipinski definition) is 1. The van der Waals surface area contributed by atoms with Gasteiger partial charge in [-0.3, -0.25) is 0 Å². The zero-order valence-corrected chi connectivity index (χ0v) is 13.4. The van der Waals surface area contributed by atoms with Crippen LogP contribution < -0.4 is 5.73 Å². The molecule has 2 N–H and O–H groups in total. The lowest BCUT2D eigenvalue weighted by Gasteiger charge is -2.23. The van der Waals surface area contributed by atoms with Crippen LogP contribution in [-0.2, 0) is 0 Å². The molecule has 1 heterocycles. The van der Waals surface area contributed by atoms with Crippen molar-refractivity contribution < 1.29 is 0 Å². The van der Waals surface area contributed by atoms with Crippen molar-refractivity contribution in [2.75, 3.05) is 5.73 Å². The number of rotatable bonds is 5. The Labute approximate surface area is 134 Å². The molecule has 2 rings (SSSR count). The summed E-state index contributed by atoms with van der Waals surface area (Å²) < 4.78 is 0. The Hall–Kier alpha value is -1.84. The van der Waals surface area contributed by atoms with E-state index in [9.17, 15) is 0 Å². The lowest BCUT2D eigenvalue weighted by Crippen LogP contribution is -1.99. The van der Waals surface area contributed by atoms with E-state index < -0.39 is 0 Å². The first kappa shape index (κ1) is 15.5. The van der Waals surface area contributed by atoms with Gasteiger partial charge in [-0.15, -0.1) is 0 Å². The SMILES string of the molecule is C=C/C=C\C(=C)C(=C)C1=C(C=C)Sc2cccc(N)c2S1. The molecule has 0 saturated heterocycles. The summed E-state index contributed by atoms with van der Waals surface area (Å²) >= 11 is 3.29. The van der Waals surface area contributed by atoms with Gasteiger partial charge in [-0.05, 0) is 23.3 Å². The fourth-order valence-corrected chi connectivity index (χ4v) is 4.21. The van der Waals surface area contributed by atoms with Crippen LogP contribution in [0.3, 0.4) is 0 Å². The van der Waals surface area contributed by atoms with Crippen LogP contribution in [0.4, 0.5) is 5.69 Å². The first-order valence-electron chi connectivity index (χ1n) is 6.37. The van der Waals surface area contributed by atoms with Gasteiger partial charge >= 0.3 is 0 Å². The van der Waals surface area contributed by atoms with E-state index in [1.807, 2.05) is 30.4 Å². The largest absolute Gasteiger partial charge is 0.398 e. The number of anilines is 1. The van der Waals surface area contributed by atoms with Crippen molar-refractivity contribution in [3.8, 4) is 0 Å². The van der Waals surface area contributed by atoms with Crippen LogP contribution in [0.2, 0.25) is 0 Å². The molecule has 106 valence electrons. The molecule has 1 aromatic rings. The third-order valence-electron chi connectivity index (χ3n) is 2.94. The quantitative estimate of drug-likeness (QED) is 0.556. The molecule has 0 bridgehead atoms. The number of nitrogens with two attached hydrogens (primary N) is 1. The molecule has 0 saturated carbocycles.